The van der Waals surface area contributed by atoms with Gasteiger partial charge in [0.2, 0.25) is 0 Å². The van der Waals surface area contributed by atoms with E-state index in [9.17, 15) is 9.18 Å². The lowest BCUT2D eigenvalue weighted by atomic mass is 10.1. The van der Waals surface area contributed by atoms with Crippen LogP contribution in [0.5, 0.6) is 0 Å². The van der Waals surface area contributed by atoms with Crippen LogP contribution in [0.3, 0.4) is 0 Å². The Balaban J connectivity index is 1.38. The third-order valence-electron chi connectivity index (χ3n) is 4.62. The molecule has 7 heteroatoms. The van der Waals surface area contributed by atoms with Crippen LogP contribution >= 0.6 is 22.9 Å². The van der Waals surface area contributed by atoms with Crippen LogP contribution in [0.2, 0.25) is 4.34 Å². The fourth-order valence-electron chi connectivity index (χ4n) is 3.18. The molecule has 1 aliphatic heterocycles. The molecule has 1 aromatic carbocycles. The van der Waals surface area contributed by atoms with Gasteiger partial charge in [-0.1, -0.05) is 23.7 Å². The minimum absolute atomic E-state index is 0.156. The van der Waals surface area contributed by atoms with E-state index >= 15 is 0 Å². The van der Waals surface area contributed by atoms with Gasteiger partial charge in [0.1, 0.15) is 11.6 Å². The van der Waals surface area contributed by atoms with E-state index in [1.54, 1.807) is 46.6 Å². The maximum atomic E-state index is 13.9. The van der Waals surface area contributed by atoms with Gasteiger partial charge >= 0.3 is 0 Å². The molecule has 0 atom stereocenters. The van der Waals surface area contributed by atoms with Gasteiger partial charge in [-0.15, -0.1) is 11.3 Å². The van der Waals surface area contributed by atoms with Crippen LogP contribution in [0, 0.1) is 5.82 Å². The Hall–Kier alpha value is -2.15. The second-order valence-electron chi connectivity index (χ2n) is 6.42. The summed E-state index contributed by atoms with van der Waals surface area (Å²) < 4.78 is 20.3. The van der Waals surface area contributed by atoms with Crippen molar-refractivity contribution in [1.29, 1.82) is 0 Å². The van der Waals surface area contributed by atoms with E-state index in [4.69, 9.17) is 16.0 Å². The van der Waals surface area contributed by atoms with Gasteiger partial charge in [0.05, 0.1) is 9.90 Å². The molecule has 27 heavy (non-hydrogen) atoms. The average Bonchev–Trinajstić information content (AvgIpc) is 3.31. The molecule has 1 aliphatic rings. The molecule has 0 saturated carbocycles. The van der Waals surface area contributed by atoms with Crippen molar-refractivity contribution in [3.8, 4) is 11.3 Å². The molecule has 0 unspecified atom stereocenters. The topological polar surface area (TPSA) is 36.7 Å². The van der Waals surface area contributed by atoms with Crippen molar-refractivity contribution in [2.45, 2.75) is 6.54 Å². The van der Waals surface area contributed by atoms with Gasteiger partial charge in [-0.05, 0) is 36.4 Å². The number of thiophene rings is 1. The van der Waals surface area contributed by atoms with Crippen molar-refractivity contribution >= 4 is 28.8 Å². The maximum absolute atomic E-state index is 13.9. The summed E-state index contributed by atoms with van der Waals surface area (Å²) >= 11 is 7.56. The molecule has 4 nitrogen and oxygen atoms in total. The highest BCUT2D eigenvalue weighted by Gasteiger charge is 2.25. The molecule has 0 aliphatic carbocycles. The molecular formula is C20H18ClFN2O2S. The molecule has 1 amide bonds. The Bertz CT molecular complexity index is 947. The predicted molar refractivity (Wildman–Crippen MR) is 105 cm³/mol. The lowest BCUT2D eigenvalue weighted by molar-refractivity contribution is 0.0600. The highest BCUT2D eigenvalue weighted by atomic mass is 35.5. The minimum Gasteiger partial charge on any atom is -0.451 e. The summed E-state index contributed by atoms with van der Waals surface area (Å²) in [5, 5.41) is 0. The molecule has 3 heterocycles. The van der Waals surface area contributed by atoms with Gasteiger partial charge < -0.3 is 9.32 Å². The van der Waals surface area contributed by atoms with Gasteiger partial charge in [-0.2, -0.15) is 0 Å². The Kier molecular flexibility index (Phi) is 5.29. The molecule has 0 N–H and O–H groups in total. The summed E-state index contributed by atoms with van der Waals surface area (Å²) in [6.07, 6.45) is 0. The van der Waals surface area contributed by atoms with E-state index in [0.29, 0.717) is 24.4 Å². The maximum Gasteiger partial charge on any atom is 0.289 e. The van der Waals surface area contributed by atoms with Crippen LogP contribution in [0.4, 0.5) is 4.39 Å². The Morgan fingerprint density at radius 1 is 1.07 bits per heavy atom. The first-order valence-corrected chi connectivity index (χ1v) is 9.90. The second-order valence-corrected chi connectivity index (χ2v) is 8.22. The number of furan rings is 1. The normalized spacial score (nSPS) is 15.3. The molecule has 0 bridgehead atoms. The van der Waals surface area contributed by atoms with Crippen molar-refractivity contribution in [2.75, 3.05) is 26.2 Å². The van der Waals surface area contributed by atoms with Crippen LogP contribution < -0.4 is 0 Å². The quantitative estimate of drug-likeness (QED) is 0.629. The summed E-state index contributed by atoms with van der Waals surface area (Å²) in [5.74, 6) is 0.0842. The lowest BCUT2D eigenvalue weighted by Gasteiger charge is -2.34. The number of benzene rings is 1. The highest BCUT2D eigenvalue weighted by molar-refractivity contribution is 7.16. The highest BCUT2D eigenvalue weighted by Crippen LogP contribution is 2.26. The third kappa shape index (κ3) is 4.08. The van der Waals surface area contributed by atoms with Crippen molar-refractivity contribution in [1.82, 2.24) is 9.80 Å². The fraction of sp³-hybridized carbons (Fsp3) is 0.250. The number of piperazine rings is 1. The molecule has 1 saturated heterocycles. The van der Waals surface area contributed by atoms with Gasteiger partial charge in [0.15, 0.2) is 5.76 Å². The number of halogens is 2. The monoisotopic (exact) mass is 404 g/mol. The van der Waals surface area contributed by atoms with E-state index in [0.717, 1.165) is 24.0 Å². The zero-order valence-electron chi connectivity index (χ0n) is 14.5. The number of amides is 1. The van der Waals surface area contributed by atoms with Crippen LogP contribution in [-0.2, 0) is 6.54 Å². The summed E-state index contributed by atoms with van der Waals surface area (Å²) in [4.78, 5) is 18.0. The van der Waals surface area contributed by atoms with Crippen LogP contribution in [0.25, 0.3) is 11.3 Å². The Labute approximate surface area is 165 Å². The van der Waals surface area contributed by atoms with Crippen LogP contribution in [0.15, 0.2) is 52.9 Å². The van der Waals surface area contributed by atoms with Crippen molar-refractivity contribution in [3.05, 3.63) is 69.3 Å². The number of carbonyl (C=O) groups excluding carboxylic acids is 1. The first kappa shape index (κ1) is 18.2. The van der Waals surface area contributed by atoms with E-state index in [-0.39, 0.29) is 17.5 Å². The average molecular weight is 405 g/mol. The first-order valence-electron chi connectivity index (χ1n) is 8.71. The number of nitrogens with zero attached hydrogens (tertiary/aromatic N) is 2. The van der Waals surface area contributed by atoms with Gasteiger partial charge in [0, 0.05) is 37.6 Å². The molecule has 3 aromatic rings. The zero-order valence-corrected chi connectivity index (χ0v) is 16.1. The summed E-state index contributed by atoms with van der Waals surface area (Å²) in [7, 11) is 0. The molecule has 1 fully saturated rings. The van der Waals surface area contributed by atoms with Crippen molar-refractivity contribution < 1.29 is 13.6 Å². The zero-order chi connectivity index (χ0) is 18.8. The van der Waals surface area contributed by atoms with E-state index in [1.165, 1.54) is 10.9 Å². The second kappa shape index (κ2) is 7.84. The molecule has 4 rings (SSSR count). The van der Waals surface area contributed by atoms with E-state index < -0.39 is 0 Å². The Morgan fingerprint density at radius 3 is 2.56 bits per heavy atom. The fourth-order valence-corrected chi connectivity index (χ4v) is 4.31. The number of rotatable bonds is 4. The van der Waals surface area contributed by atoms with Gasteiger partial charge in [0.25, 0.3) is 5.91 Å². The SMILES string of the molecule is O=C(c1ccc(-c2ccccc2F)o1)N1CCN(Cc2ccc(Cl)s2)CC1. The van der Waals surface area contributed by atoms with Crippen molar-refractivity contribution in [3.63, 3.8) is 0 Å². The molecule has 140 valence electrons. The molecule has 2 aromatic heterocycles. The first-order chi connectivity index (χ1) is 13.1. The summed E-state index contributed by atoms with van der Waals surface area (Å²) in [6, 6.07) is 13.6. The molecule has 0 radical (unpaired) electrons. The predicted octanol–water partition coefficient (Wildman–Crippen LogP) is 4.76. The van der Waals surface area contributed by atoms with Gasteiger partial charge in [-0.25, -0.2) is 4.39 Å². The van der Waals surface area contributed by atoms with Gasteiger partial charge in [-0.3, -0.25) is 9.69 Å². The lowest BCUT2D eigenvalue weighted by Crippen LogP contribution is -2.48. The largest absolute Gasteiger partial charge is 0.451 e. The standard InChI is InChI=1S/C20H18ClFN2O2S/c21-19-8-5-14(27-19)13-23-9-11-24(12-10-23)20(25)18-7-6-17(26-18)15-3-1-2-4-16(15)22/h1-8H,9-13H2. The van der Waals surface area contributed by atoms with E-state index in [2.05, 4.69) is 4.90 Å². The summed E-state index contributed by atoms with van der Waals surface area (Å²) in [6.45, 7) is 3.70. The van der Waals surface area contributed by atoms with Crippen LogP contribution in [0.1, 0.15) is 15.4 Å². The van der Waals surface area contributed by atoms with Crippen molar-refractivity contribution in [2.24, 2.45) is 0 Å². The third-order valence-corrected chi connectivity index (χ3v) is 5.84. The number of hydrogen-bond acceptors (Lipinski definition) is 4. The smallest absolute Gasteiger partial charge is 0.289 e. The molecular weight excluding hydrogens is 387 g/mol. The minimum atomic E-state index is -0.367. The Morgan fingerprint density at radius 2 is 1.85 bits per heavy atom. The summed E-state index contributed by atoms with van der Waals surface area (Å²) in [5.41, 5.74) is 0.357. The van der Waals surface area contributed by atoms with Crippen LogP contribution in [-0.4, -0.2) is 41.9 Å². The molecule has 0 spiro atoms. The number of carbonyl (C=O) groups is 1. The van der Waals surface area contributed by atoms with E-state index in [1.807, 2.05) is 12.1 Å². The number of hydrogen-bond donors (Lipinski definition) is 0.